The molecule has 1 heterocycles. The number of ether oxygens (including phenoxy) is 4. The third kappa shape index (κ3) is 13.5. The van der Waals surface area contributed by atoms with Crippen LogP contribution in [0.1, 0.15) is 54.0 Å². The molecule has 2 unspecified atom stereocenters. The molecule has 0 radical (unpaired) electrons. The van der Waals surface area contributed by atoms with Gasteiger partial charge >= 0.3 is 0 Å². The van der Waals surface area contributed by atoms with Crippen molar-refractivity contribution in [3.8, 4) is 6.07 Å². The second-order valence-corrected chi connectivity index (χ2v) is 9.60. The zero-order valence-electron chi connectivity index (χ0n) is 27.6. The Hall–Kier alpha value is -3.40. The highest BCUT2D eigenvalue weighted by molar-refractivity contribution is 5.63. The van der Waals surface area contributed by atoms with Gasteiger partial charge in [-0.1, -0.05) is 38.1 Å². The molecular weight excluding hydrogens is 528 g/mol. The maximum Gasteiger partial charge on any atom is 0.269 e. The van der Waals surface area contributed by atoms with Gasteiger partial charge < -0.3 is 28.7 Å². The highest BCUT2D eigenvalue weighted by Crippen LogP contribution is 2.26. The summed E-state index contributed by atoms with van der Waals surface area (Å²) in [4.78, 5) is 7.84. The zero-order valence-corrected chi connectivity index (χ0v) is 27.6. The lowest BCUT2D eigenvalue weighted by atomic mass is 10.0. The van der Waals surface area contributed by atoms with Gasteiger partial charge in [-0.05, 0) is 78.5 Å². The van der Waals surface area contributed by atoms with Gasteiger partial charge in [-0.25, -0.2) is 10.1 Å². The summed E-state index contributed by atoms with van der Waals surface area (Å²) >= 11 is 0. The minimum atomic E-state index is 0.00463. The van der Waals surface area contributed by atoms with Gasteiger partial charge in [0.1, 0.15) is 6.10 Å². The average molecular weight is 581 g/mol. The zero-order chi connectivity index (χ0) is 32.1. The lowest BCUT2D eigenvalue weighted by Crippen LogP contribution is -2.37. The normalized spacial score (nSPS) is 15.8. The van der Waals surface area contributed by atoms with Crippen LogP contribution in [0.5, 0.6) is 0 Å². The van der Waals surface area contributed by atoms with Gasteiger partial charge in [0.2, 0.25) is 0 Å². The standard InChI is InChI=1S/C21H21N3O.C8H18O3.C5H13N/c1-5-24(6-2)19-11-8-17(9-12-19)7-10-18-15-25-16(3)13-20(18)21(14-22)23-4;1-6(9-3)8(11-5)7(2)10-4;1-4-6(3)5-2/h7-13,15H,5-6H2,1-3H3;6-8H,1-5H3;4-5H2,1-3H3/b10-7+,21-20-;;. The molecule has 0 saturated heterocycles. The second kappa shape index (κ2) is 22.2. The molecule has 0 amide bonds. The molecule has 1 aliphatic rings. The Morgan fingerprint density at radius 1 is 0.952 bits per heavy atom. The van der Waals surface area contributed by atoms with Crippen molar-refractivity contribution < 1.29 is 18.9 Å². The van der Waals surface area contributed by atoms with Crippen LogP contribution in [-0.2, 0) is 18.9 Å². The van der Waals surface area contributed by atoms with E-state index in [9.17, 15) is 0 Å². The predicted octanol–water partition coefficient (Wildman–Crippen LogP) is 7.09. The van der Waals surface area contributed by atoms with Crippen LogP contribution < -0.4 is 4.90 Å². The first-order chi connectivity index (χ1) is 20.1. The first-order valence-electron chi connectivity index (χ1n) is 14.5. The van der Waals surface area contributed by atoms with Gasteiger partial charge in [-0.2, -0.15) is 0 Å². The minimum Gasteiger partial charge on any atom is -0.469 e. The van der Waals surface area contributed by atoms with Gasteiger partial charge in [0.05, 0.1) is 36.9 Å². The number of nitriles is 1. The van der Waals surface area contributed by atoms with E-state index in [1.165, 1.54) is 5.69 Å². The number of hydrogen-bond donors (Lipinski definition) is 0. The van der Waals surface area contributed by atoms with Crippen molar-refractivity contribution in [3.05, 3.63) is 82.3 Å². The molecule has 0 fully saturated rings. The Kier molecular flexibility index (Phi) is 20.4. The minimum absolute atomic E-state index is 0.00463. The molecule has 8 nitrogen and oxygen atoms in total. The van der Waals surface area contributed by atoms with Crippen molar-refractivity contribution in [1.82, 2.24) is 4.90 Å². The van der Waals surface area contributed by atoms with Crippen molar-refractivity contribution in [1.29, 1.82) is 5.26 Å². The number of allylic oxidation sites excluding steroid dienone is 6. The molecule has 1 aromatic carbocycles. The molecule has 8 heteroatoms. The number of methoxy groups -OCH3 is 3. The fraction of sp³-hybridized carbons (Fsp3) is 0.529. The van der Waals surface area contributed by atoms with Crippen molar-refractivity contribution in [3.63, 3.8) is 0 Å². The topological polar surface area (TPSA) is 71.5 Å². The van der Waals surface area contributed by atoms with E-state index in [4.69, 9.17) is 30.8 Å². The molecule has 2 atom stereocenters. The second-order valence-electron chi connectivity index (χ2n) is 9.60. The van der Waals surface area contributed by atoms with Crippen LogP contribution in [0, 0.1) is 17.9 Å². The fourth-order valence-electron chi connectivity index (χ4n) is 3.85. The van der Waals surface area contributed by atoms with E-state index in [1.807, 2.05) is 32.1 Å². The van der Waals surface area contributed by atoms with Gasteiger partial charge in [0.25, 0.3) is 5.70 Å². The number of nitrogens with zero attached hydrogens (tertiary/aromatic N) is 4. The van der Waals surface area contributed by atoms with Crippen molar-refractivity contribution >= 4 is 11.8 Å². The largest absolute Gasteiger partial charge is 0.469 e. The van der Waals surface area contributed by atoms with Crippen molar-refractivity contribution in [2.75, 3.05) is 59.5 Å². The third-order valence-electron chi connectivity index (χ3n) is 7.00. The summed E-state index contributed by atoms with van der Waals surface area (Å²) in [5.41, 5.74) is 3.61. The average Bonchev–Trinajstić information content (AvgIpc) is 3.02. The highest BCUT2D eigenvalue weighted by Gasteiger charge is 2.22. The van der Waals surface area contributed by atoms with E-state index in [0.717, 1.165) is 31.7 Å². The fourth-order valence-corrected chi connectivity index (χ4v) is 3.85. The summed E-state index contributed by atoms with van der Waals surface area (Å²) in [6.45, 7) is 25.8. The molecule has 232 valence electrons. The summed E-state index contributed by atoms with van der Waals surface area (Å²) in [5.74, 6) is 0.659. The van der Waals surface area contributed by atoms with Crippen LogP contribution >= 0.6 is 0 Å². The van der Waals surface area contributed by atoms with E-state index in [-0.39, 0.29) is 24.0 Å². The van der Waals surface area contributed by atoms with Gasteiger partial charge in [0, 0.05) is 51.3 Å². The van der Waals surface area contributed by atoms with Crippen molar-refractivity contribution in [2.45, 2.75) is 66.8 Å². The SMILES string of the molecule is CCN(C)CC.COC(C)C(OC)C(C)OC.[C-]#[N+]/C(C#N)=C1/C=C(C)OC=C1/C=C/c1ccc(N(CC)CC)cc1. The lowest BCUT2D eigenvalue weighted by molar-refractivity contribution is -0.0941. The van der Waals surface area contributed by atoms with Crippen molar-refractivity contribution in [2.24, 2.45) is 0 Å². The number of benzene rings is 1. The number of hydrogen-bond acceptors (Lipinski definition) is 7. The Labute approximate surface area is 255 Å². The van der Waals surface area contributed by atoms with Crippen LogP contribution in [0.2, 0.25) is 0 Å². The van der Waals surface area contributed by atoms with Gasteiger partial charge in [-0.15, -0.1) is 0 Å². The molecule has 2 rings (SSSR count). The summed E-state index contributed by atoms with van der Waals surface area (Å²) in [6, 6.07) is 10.2. The van der Waals surface area contributed by atoms with E-state index < -0.39 is 0 Å². The third-order valence-corrected chi connectivity index (χ3v) is 7.00. The molecule has 0 saturated carbocycles. The van der Waals surface area contributed by atoms with Crippen LogP contribution in [0.25, 0.3) is 10.9 Å². The van der Waals surface area contributed by atoms with E-state index in [2.05, 4.69) is 73.7 Å². The Morgan fingerprint density at radius 2 is 1.50 bits per heavy atom. The Balaban J connectivity index is 0.000000816. The van der Waals surface area contributed by atoms with Crippen LogP contribution in [0.15, 0.2) is 65.3 Å². The molecule has 0 N–H and O–H groups in total. The summed E-state index contributed by atoms with van der Waals surface area (Å²) in [5, 5.41) is 9.15. The first-order valence-corrected chi connectivity index (χ1v) is 14.5. The molecule has 0 aromatic heterocycles. The van der Waals surface area contributed by atoms with Gasteiger partial charge in [-0.3, -0.25) is 0 Å². The quantitative estimate of drug-likeness (QED) is 0.193. The summed E-state index contributed by atoms with van der Waals surface area (Å²) < 4.78 is 20.9. The summed E-state index contributed by atoms with van der Waals surface area (Å²) in [6.07, 6.45) is 7.25. The smallest absolute Gasteiger partial charge is 0.269 e. The highest BCUT2D eigenvalue weighted by atomic mass is 16.6. The molecular formula is C34H52N4O4. The molecule has 0 aliphatic carbocycles. The van der Waals surface area contributed by atoms with Gasteiger partial charge in [0.15, 0.2) is 0 Å². The molecule has 42 heavy (non-hydrogen) atoms. The maximum absolute atomic E-state index is 9.15. The Morgan fingerprint density at radius 3 is 1.88 bits per heavy atom. The van der Waals surface area contributed by atoms with E-state index in [0.29, 0.717) is 16.9 Å². The predicted molar refractivity (Wildman–Crippen MR) is 174 cm³/mol. The number of anilines is 1. The molecule has 1 aliphatic heterocycles. The molecule has 0 bridgehead atoms. The monoisotopic (exact) mass is 580 g/mol. The van der Waals surface area contributed by atoms with E-state index >= 15 is 0 Å². The number of rotatable bonds is 12. The first kappa shape index (κ1) is 38.6. The van der Waals surface area contributed by atoms with E-state index in [1.54, 1.807) is 40.6 Å². The van der Waals surface area contributed by atoms with Crippen LogP contribution in [0.3, 0.4) is 0 Å². The molecule has 1 aromatic rings. The summed E-state index contributed by atoms with van der Waals surface area (Å²) in [7, 11) is 7.10. The van der Waals surface area contributed by atoms with Crippen LogP contribution in [-0.4, -0.2) is 77.8 Å². The molecule has 0 spiro atoms. The lowest BCUT2D eigenvalue weighted by Gasteiger charge is -2.26. The maximum atomic E-state index is 9.15. The van der Waals surface area contributed by atoms with Crippen LogP contribution in [0.4, 0.5) is 5.69 Å². The Bertz CT molecular complexity index is 1080.